The highest BCUT2D eigenvalue weighted by molar-refractivity contribution is 6.42. The molecule has 0 saturated carbocycles. The predicted molar refractivity (Wildman–Crippen MR) is 148 cm³/mol. The van der Waals surface area contributed by atoms with Crippen LogP contribution < -0.4 is 15.1 Å². The molecule has 192 valence electrons. The Kier molecular flexibility index (Phi) is 7.37. The molecule has 37 heavy (non-hydrogen) atoms. The number of aryl methyl sites for hydroxylation is 1. The first-order valence-corrected chi connectivity index (χ1v) is 13.3. The fraction of sp³-hybridized carbons (Fsp3) is 0.310. The number of hydrogen-bond acceptors (Lipinski definition) is 3. The third-order valence-corrected chi connectivity index (χ3v) is 8.41. The molecule has 1 fully saturated rings. The molecule has 3 heterocycles. The van der Waals surface area contributed by atoms with Gasteiger partial charge in [0.25, 0.3) is 0 Å². The summed E-state index contributed by atoms with van der Waals surface area (Å²) in [6.07, 6.45) is 7.39. The largest absolute Gasteiger partial charge is 0.422 e. The minimum atomic E-state index is -0.559. The van der Waals surface area contributed by atoms with E-state index in [-0.39, 0.29) is 22.5 Å². The number of hydrogen-bond donors (Lipinski definition) is 2. The fourth-order valence-corrected chi connectivity index (χ4v) is 6.29. The summed E-state index contributed by atoms with van der Waals surface area (Å²) in [5.41, 5.74) is 5.07. The lowest BCUT2D eigenvalue weighted by atomic mass is 9.73. The van der Waals surface area contributed by atoms with Gasteiger partial charge >= 0.3 is 6.03 Å². The second kappa shape index (κ2) is 10.5. The van der Waals surface area contributed by atoms with Crippen LogP contribution in [0.3, 0.4) is 0 Å². The number of nitrogens with zero attached hydrogens (tertiary/aromatic N) is 2. The molecule has 1 atom stereocenters. The van der Waals surface area contributed by atoms with E-state index in [4.69, 9.17) is 23.2 Å². The monoisotopic (exact) mass is 539 g/mol. The van der Waals surface area contributed by atoms with Crippen molar-refractivity contribution >= 4 is 41.0 Å². The number of pyridine rings is 1. The van der Waals surface area contributed by atoms with E-state index in [1.807, 2.05) is 30.4 Å². The van der Waals surface area contributed by atoms with Crippen LogP contribution in [0.5, 0.6) is 0 Å². The van der Waals surface area contributed by atoms with Gasteiger partial charge in [-0.3, -0.25) is 0 Å². The normalized spacial score (nSPS) is 20.3. The number of carbonyl (C=O) groups is 1. The van der Waals surface area contributed by atoms with Crippen molar-refractivity contribution in [1.82, 2.24) is 20.1 Å². The summed E-state index contributed by atoms with van der Waals surface area (Å²) >= 11 is 12.3. The summed E-state index contributed by atoms with van der Waals surface area (Å²) < 4.78 is 13.8. The van der Waals surface area contributed by atoms with Gasteiger partial charge in [0.05, 0.1) is 15.5 Å². The molecule has 3 aromatic rings. The van der Waals surface area contributed by atoms with E-state index in [1.54, 1.807) is 12.1 Å². The number of carbonyl (C=O) groups excluding carboxylic acids is 1. The van der Waals surface area contributed by atoms with Crippen molar-refractivity contribution < 1.29 is 9.18 Å². The van der Waals surface area contributed by atoms with Crippen molar-refractivity contribution in [2.75, 3.05) is 26.2 Å². The van der Waals surface area contributed by atoms with Gasteiger partial charge in [-0.2, -0.15) is 4.39 Å². The Balaban J connectivity index is 1.52. The number of fused-ring (bicyclic) bond motifs is 2. The molecule has 0 radical (unpaired) electrons. The second-order valence-corrected chi connectivity index (χ2v) is 10.8. The third-order valence-electron chi connectivity index (χ3n) is 7.67. The topological polar surface area (TPSA) is 54.0 Å². The Morgan fingerprint density at radius 1 is 1.16 bits per heavy atom. The zero-order valence-electron chi connectivity index (χ0n) is 20.7. The number of halogens is 3. The lowest BCUT2D eigenvalue weighted by Gasteiger charge is -2.36. The highest BCUT2D eigenvalue weighted by Crippen LogP contribution is 2.51. The number of piperidine rings is 1. The van der Waals surface area contributed by atoms with Gasteiger partial charge in [0.1, 0.15) is 18.8 Å². The van der Waals surface area contributed by atoms with Crippen LogP contribution in [0, 0.1) is 12.9 Å². The van der Waals surface area contributed by atoms with E-state index >= 15 is 0 Å². The Morgan fingerprint density at radius 2 is 1.97 bits per heavy atom. The van der Waals surface area contributed by atoms with Crippen molar-refractivity contribution in [2.24, 2.45) is 0 Å². The molecule has 8 heteroatoms. The van der Waals surface area contributed by atoms with Crippen molar-refractivity contribution in [3.8, 4) is 0 Å². The molecule has 0 aliphatic carbocycles. The highest BCUT2D eigenvalue weighted by Gasteiger charge is 2.57. The van der Waals surface area contributed by atoms with E-state index in [9.17, 15) is 9.18 Å². The summed E-state index contributed by atoms with van der Waals surface area (Å²) in [7, 11) is 0. The predicted octanol–water partition coefficient (Wildman–Crippen LogP) is 6.40. The van der Waals surface area contributed by atoms with E-state index in [1.165, 1.54) is 23.4 Å². The summed E-state index contributed by atoms with van der Waals surface area (Å²) in [4.78, 5) is 17.7. The molecule has 0 bridgehead atoms. The zero-order chi connectivity index (χ0) is 26.0. The summed E-state index contributed by atoms with van der Waals surface area (Å²) in [6.45, 7) is 5.37. The van der Waals surface area contributed by atoms with Crippen LogP contribution in [0.2, 0.25) is 10.0 Å². The van der Waals surface area contributed by atoms with Crippen molar-refractivity contribution in [1.29, 1.82) is 0 Å². The first-order chi connectivity index (χ1) is 17.8. The summed E-state index contributed by atoms with van der Waals surface area (Å²) in [5, 5.41) is 7.59. The molecule has 2 amide bonds. The van der Waals surface area contributed by atoms with Gasteiger partial charge in [-0.15, -0.1) is 0 Å². The van der Waals surface area contributed by atoms with Gasteiger partial charge in [0.2, 0.25) is 5.95 Å². The number of aromatic nitrogens is 1. The number of nitrogens with one attached hydrogen (secondary N) is 2. The average Bonchev–Trinajstić information content (AvgIpc) is 3.16. The first-order valence-electron chi connectivity index (χ1n) is 12.5. The molecule has 5 nitrogen and oxygen atoms in total. The van der Waals surface area contributed by atoms with Gasteiger partial charge in [-0.1, -0.05) is 47.5 Å². The highest BCUT2D eigenvalue weighted by atomic mass is 35.5. The lowest BCUT2D eigenvalue weighted by molar-refractivity contribution is 0.189. The van der Waals surface area contributed by atoms with Crippen LogP contribution in [0.4, 0.5) is 14.9 Å². The molecule has 2 N–H and O–H groups in total. The van der Waals surface area contributed by atoms with Gasteiger partial charge in [0.15, 0.2) is 0 Å². The maximum atomic E-state index is 14.1. The molecule has 1 saturated heterocycles. The zero-order valence-corrected chi connectivity index (χ0v) is 22.2. The van der Waals surface area contributed by atoms with Crippen molar-refractivity contribution in [3.05, 3.63) is 99.1 Å². The number of amides is 2. The van der Waals surface area contributed by atoms with Crippen molar-refractivity contribution in [3.63, 3.8) is 0 Å². The quantitative estimate of drug-likeness (QED) is 0.291. The molecular formula is C29H30Cl2FN4O+. The van der Waals surface area contributed by atoms with Crippen LogP contribution >= 0.6 is 23.2 Å². The van der Waals surface area contributed by atoms with E-state index in [0.717, 1.165) is 37.2 Å². The smallest absolute Gasteiger partial charge is 0.317 e. The lowest BCUT2D eigenvalue weighted by Crippen LogP contribution is -2.60. The van der Waals surface area contributed by atoms with Crippen LogP contribution in [0.1, 0.15) is 35.1 Å². The maximum absolute atomic E-state index is 14.1. The molecular weight excluding hydrogens is 510 g/mol. The molecule has 2 aliphatic rings. The molecule has 1 spiro atoms. The average molecular weight is 540 g/mol. The second-order valence-electron chi connectivity index (χ2n) is 10.0. The Morgan fingerprint density at radius 3 is 2.73 bits per heavy atom. The Hall–Kier alpha value is -2.77. The minimum absolute atomic E-state index is 0.0799. The van der Waals surface area contributed by atoms with Gasteiger partial charge in [0, 0.05) is 24.4 Å². The molecule has 5 rings (SSSR count). The van der Waals surface area contributed by atoms with E-state index in [2.05, 4.69) is 34.7 Å². The number of quaternary nitrogens is 1. The summed E-state index contributed by atoms with van der Waals surface area (Å²) in [6, 6.07) is 14.7. The van der Waals surface area contributed by atoms with Gasteiger partial charge in [-0.25, -0.2) is 14.3 Å². The minimum Gasteiger partial charge on any atom is -0.317 e. The van der Waals surface area contributed by atoms with Gasteiger partial charge < -0.3 is 10.6 Å². The van der Waals surface area contributed by atoms with E-state index < -0.39 is 5.95 Å². The Labute approximate surface area is 226 Å². The van der Waals surface area contributed by atoms with Crippen LogP contribution in [-0.4, -0.2) is 37.2 Å². The first kappa shape index (κ1) is 25.9. The van der Waals surface area contributed by atoms with Crippen LogP contribution in [0.15, 0.2) is 60.8 Å². The molecule has 1 aromatic heterocycles. The number of urea groups is 1. The molecule has 1 unspecified atom stereocenters. The van der Waals surface area contributed by atoms with Crippen molar-refractivity contribution in [2.45, 2.75) is 31.7 Å². The van der Waals surface area contributed by atoms with Crippen LogP contribution in [-0.2, 0) is 12.0 Å². The maximum Gasteiger partial charge on any atom is 0.422 e. The summed E-state index contributed by atoms with van der Waals surface area (Å²) in [5.74, 6) is -0.559. The standard InChI is InChI=1S/C29H29Cl2FN4O/c1-20-4-2-6-25-27(20)29(10-13-33-14-11-29)19-36(25,15-3-5-21-7-8-23(30)24(31)16-21)28(37)35-18-22-9-12-34-26(32)17-22/h2-9,12,16-17,33H,10-11,13-15,18-19H2,1H3/p+1/b5-3+. The van der Waals surface area contributed by atoms with E-state index in [0.29, 0.717) is 28.7 Å². The molecule has 2 aromatic carbocycles. The third kappa shape index (κ3) is 5.04. The number of benzene rings is 2. The fourth-order valence-electron chi connectivity index (χ4n) is 5.99. The van der Waals surface area contributed by atoms with Crippen LogP contribution in [0.25, 0.3) is 6.08 Å². The van der Waals surface area contributed by atoms with Gasteiger partial charge in [-0.05, 0) is 79.9 Å². The molecule has 2 aliphatic heterocycles. The Bertz CT molecular complexity index is 1360. The SMILES string of the molecule is Cc1cccc2c1C1(CCNCC1)C[N+]2(C/C=C/c1ccc(Cl)c(Cl)c1)C(=O)NCc1ccnc(F)c1. The number of rotatable bonds is 5.